The van der Waals surface area contributed by atoms with E-state index in [-0.39, 0.29) is 5.70 Å². The van der Waals surface area contributed by atoms with Crippen molar-refractivity contribution < 1.29 is 14.6 Å². The van der Waals surface area contributed by atoms with E-state index in [2.05, 4.69) is 5.32 Å². The first-order valence-corrected chi connectivity index (χ1v) is 9.03. The van der Waals surface area contributed by atoms with Crippen molar-refractivity contribution in [1.82, 2.24) is 3.82 Å². The number of nitrogens with zero attached hydrogens (tertiary/aromatic N) is 1. The Bertz CT molecular complexity index is 868. The molecule has 1 aliphatic rings. The number of hydrogen-bond acceptors (Lipinski definition) is 5. The maximum atomic E-state index is 11.5. The summed E-state index contributed by atoms with van der Waals surface area (Å²) in [6.45, 7) is 2.39. The standard InChI is InChI=1S/C19H17ClN2O3S/c1-13-7-8-15(25-12-14-5-3-2-4-6-14)11-17(13)21-16-9-10-26-22(20)18(16)19(23)24/h2-11,21H,12H2,1H3,(H,23,24). The highest BCUT2D eigenvalue weighted by Gasteiger charge is 2.23. The van der Waals surface area contributed by atoms with Crippen LogP contribution in [0.3, 0.4) is 0 Å². The number of nitrogens with one attached hydrogen (secondary N) is 1. The number of halogens is 1. The third-order valence-electron chi connectivity index (χ3n) is 3.75. The Morgan fingerprint density at radius 3 is 2.77 bits per heavy atom. The molecule has 0 aliphatic carbocycles. The summed E-state index contributed by atoms with van der Waals surface area (Å²) in [6.07, 6.45) is 1.68. The third-order valence-corrected chi connectivity index (χ3v) is 4.78. The summed E-state index contributed by atoms with van der Waals surface area (Å²) in [5.74, 6) is -0.412. The Labute approximate surface area is 161 Å². The molecule has 3 rings (SSSR count). The lowest BCUT2D eigenvalue weighted by molar-refractivity contribution is -0.133. The van der Waals surface area contributed by atoms with Crippen LogP contribution in [0.1, 0.15) is 11.1 Å². The summed E-state index contributed by atoms with van der Waals surface area (Å²) >= 11 is 7.07. The highest BCUT2D eigenvalue weighted by Crippen LogP contribution is 2.32. The van der Waals surface area contributed by atoms with Gasteiger partial charge in [-0.1, -0.05) is 36.4 Å². The van der Waals surface area contributed by atoms with Crippen LogP contribution >= 0.6 is 23.7 Å². The molecular weight excluding hydrogens is 372 g/mol. The van der Waals surface area contributed by atoms with E-state index in [9.17, 15) is 9.90 Å². The Hall–Kier alpha value is -2.57. The Kier molecular flexibility index (Phi) is 5.75. The molecule has 1 heterocycles. The van der Waals surface area contributed by atoms with Crippen molar-refractivity contribution in [3.8, 4) is 5.75 Å². The maximum Gasteiger partial charge on any atom is 0.356 e. The first kappa shape index (κ1) is 18.2. The molecule has 2 N–H and O–H groups in total. The molecule has 7 heteroatoms. The molecule has 0 atom stereocenters. The van der Waals surface area contributed by atoms with Crippen LogP contribution < -0.4 is 10.1 Å². The van der Waals surface area contributed by atoms with E-state index in [4.69, 9.17) is 16.5 Å². The van der Waals surface area contributed by atoms with Gasteiger partial charge >= 0.3 is 5.97 Å². The van der Waals surface area contributed by atoms with Crippen molar-refractivity contribution in [3.05, 3.63) is 82.5 Å². The Morgan fingerprint density at radius 2 is 2.04 bits per heavy atom. The minimum atomic E-state index is -1.10. The van der Waals surface area contributed by atoms with Gasteiger partial charge in [0.25, 0.3) is 0 Å². The molecule has 26 heavy (non-hydrogen) atoms. The number of anilines is 1. The zero-order valence-electron chi connectivity index (χ0n) is 14.0. The molecule has 5 nitrogen and oxygen atoms in total. The van der Waals surface area contributed by atoms with Gasteiger partial charge in [-0.3, -0.25) is 0 Å². The predicted molar refractivity (Wildman–Crippen MR) is 105 cm³/mol. The van der Waals surface area contributed by atoms with Gasteiger partial charge in [0.15, 0.2) is 5.70 Å². The monoisotopic (exact) mass is 388 g/mol. The highest BCUT2D eigenvalue weighted by atomic mass is 35.5. The highest BCUT2D eigenvalue weighted by molar-refractivity contribution is 8.00. The summed E-state index contributed by atoms with van der Waals surface area (Å²) < 4.78 is 6.93. The number of carboxylic acid groups (broad SMARTS) is 1. The summed E-state index contributed by atoms with van der Waals surface area (Å²) in [5, 5.41) is 14.3. The van der Waals surface area contributed by atoms with E-state index in [0.29, 0.717) is 18.1 Å². The average Bonchev–Trinajstić information content (AvgIpc) is 2.63. The van der Waals surface area contributed by atoms with Crippen molar-refractivity contribution in [1.29, 1.82) is 0 Å². The van der Waals surface area contributed by atoms with Gasteiger partial charge in [-0.05, 0) is 47.5 Å². The topological polar surface area (TPSA) is 61.8 Å². The van der Waals surface area contributed by atoms with Crippen molar-refractivity contribution >= 4 is 35.4 Å². The fourth-order valence-electron chi connectivity index (χ4n) is 2.38. The van der Waals surface area contributed by atoms with Crippen LogP contribution in [0.4, 0.5) is 5.69 Å². The van der Waals surface area contributed by atoms with E-state index in [1.165, 1.54) is 0 Å². The normalized spacial score (nSPS) is 13.7. The lowest BCUT2D eigenvalue weighted by Gasteiger charge is -2.21. The van der Waals surface area contributed by atoms with Gasteiger partial charge < -0.3 is 15.2 Å². The zero-order chi connectivity index (χ0) is 18.5. The van der Waals surface area contributed by atoms with Crippen LogP contribution in [0.5, 0.6) is 5.75 Å². The number of carbonyl (C=O) groups is 1. The Balaban J connectivity index is 1.80. The van der Waals surface area contributed by atoms with Crippen molar-refractivity contribution in [3.63, 3.8) is 0 Å². The van der Waals surface area contributed by atoms with Crippen LogP contribution in [0, 0.1) is 6.92 Å². The first-order valence-electron chi connectivity index (χ1n) is 7.86. The Morgan fingerprint density at radius 1 is 1.27 bits per heavy atom. The SMILES string of the molecule is Cc1ccc(OCc2ccccc2)cc1NC1=C(C(=O)O)N(Cl)SC=C1. The quantitative estimate of drug-likeness (QED) is 0.541. The number of rotatable bonds is 6. The van der Waals surface area contributed by atoms with Crippen LogP contribution in [0.25, 0.3) is 0 Å². The maximum absolute atomic E-state index is 11.5. The molecular formula is C19H17ClN2O3S. The van der Waals surface area contributed by atoms with Gasteiger partial charge in [0.1, 0.15) is 12.4 Å². The molecule has 0 bridgehead atoms. The van der Waals surface area contributed by atoms with Crippen molar-refractivity contribution in [2.45, 2.75) is 13.5 Å². The van der Waals surface area contributed by atoms with E-state index in [1.54, 1.807) is 11.5 Å². The molecule has 2 aromatic carbocycles. The summed E-state index contributed by atoms with van der Waals surface area (Å²) in [4.78, 5) is 11.5. The molecule has 134 valence electrons. The summed E-state index contributed by atoms with van der Waals surface area (Å²) in [5.41, 5.74) is 3.18. The lowest BCUT2D eigenvalue weighted by Crippen LogP contribution is -2.20. The van der Waals surface area contributed by atoms with Crippen LogP contribution in [0.2, 0.25) is 0 Å². The number of aryl methyl sites for hydroxylation is 1. The largest absolute Gasteiger partial charge is 0.489 e. The van der Waals surface area contributed by atoms with E-state index >= 15 is 0 Å². The second kappa shape index (κ2) is 8.21. The molecule has 0 aromatic heterocycles. The molecule has 2 aromatic rings. The number of hydrogen-bond donors (Lipinski definition) is 2. The first-order chi connectivity index (χ1) is 12.5. The van der Waals surface area contributed by atoms with E-state index < -0.39 is 5.97 Å². The van der Waals surface area contributed by atoms with Crippen molar-refractivity contribution in [2.24, 2.45) is 0 Å². The fraction of sp³-hybridized carbons (Fsp3) is 0.105. The third kappa shape index (κ3) is 4.33. The lowest BCUT2D eigenvalue weighted by atomic mass is 10.1. The van der Waals surface area contributed by atoms with Crippen molar-refractivity contribution in [2.75, 3.05) is 5.32 Å². The number of ether oxygens (including phenoxy) is 1. The fourth-order valence-corrected chi connectivity index (χ4v) is 3.27. The van der Waals surface area contributed by atoms with Crippen LogP contribution in [-0.2, 0) is 11.4 Å². The van der Waals surface area contributed by atoms with Gasteiger partial charge in [-0.15, -0.1) is 0 Å². The molecule has 0 fully saturated rings. The second-order valence-corrected chi connectivity index (χ2v) is 6.98. The minimum Gasteiger partial charge on any atom is -0.489 e. The molecule has 0 spiro atoms. The van der Waals surface area contributed by atoms with E-state index in [1.807, 2.05) is 55.5 Å². The predicted octanol–water partition coefficient (Wildman–Crippen LogP) is 4.91. The van der Waals surface area contributed by atoms with E-state index in [0.717, 1.165) is 32.6 Å². The number of benzene rings is 2. The molecule has 0 unspecified atom stereocenters. The minimum absolute atomic E-state index is 0.0193. The second-order valence-electron chi connectivity index (χ2n) is 5.60. The summed E-state index contributed by atoms with van der Waals surface area (Å²) in [6, 6.07) is 15.5. The molecule has 1 aliphatic heterocycles. The summed E-state index contributed by atoms with van der Waals surface area (Å²) in [7, 11) is 0. The van der Waals surface area contributed by atoms with Crippen LogP contribution in [-0.4, -0.2) is 14.9 Å². The zero-order valence-corrected chi connectivity index (χ0v) is 15.6. The molecule has 0 amide bonds. The van der Waals surface area contributed by atoms with Crippen LogP contribution in [0.15, 0.2) is 71.4 Å². The molecule has 0 saturated carbocycles. The van der Waals surface area contributed by atoms with Gasteiger partial charge in [-0.25, -0.2) is 8.62 Å². The molecule has 0 radical (unpaired) electrons. The number of carboxylic acids is 1. The van der Waals surface area contributed by atoms with Gasteiger partial charge in [-0.2, -0.15) is 0 Å². The number of aliphatic carboxylic acids is 1. The van der Waals surface area contributed by atoms with Gasteiger partial charge in [0, 0.05) is 23.5 Å². The number of allylic oxidation sites excluding steroid dienone is 1. The van der Waals surface area contributed by atoms with Gasteiger partial charge in [0.2, 0.25) is 0 Å². The average molecular weight is 389 g/mol. The smallest absolute Gasteiger partial charge is 0.356 e. The molecule has 0 saturated heterocycles. The van der Waals surface area contributed by atoms with Gasteiger partial charge in [0.05, 0.1) is 5.70 Å².